The van der Waals surface area contributed by atoms with E-state index in [2.05, 4.69) is 15.5 Å². The molecule has 0 aliphatic carbocycles. The van der Waals surface area contributed by atoms with Crippen LogP contribution in [0.15, 0.2) is 24.3 Å². The van der Waals surface area contributed by atoms with E-state index < -0.39 is 10.8 Å². The molecule has 1 aromatic carbocycles. The molecule has 0 saturated carbocycles. The number of nitrogens with one attached hydrogen (secondary N) is 1. The second-order valence-corrected chi connectivity index (χ2v) is 7.01. The fourth-order valence-corrected chi connectivity index (χ4v) is 3.01. The molecule has 0 saturated heterocycles. The zero-order valence-electron chi connectivity index (χ0n) is 15.2. The van der Waals surface area contributed by atoms with Gasteiger partial charge in [-0.15, -0.1) is 0 Å². The zero-order chi connectivity index (χ0) is 20.6. The van der Waals surface area contributed by atoms with Crippen LogP contribution in [0.2, 0.25) is 10.0 Å². The van der Waals surface area contributed by atoms with E-state index in [9.17, 15) is 14.9 Å². The summed E-state index contributed by atoms with van der Waals surface area (Å²) in [5.41, 5.74) is 1.37. The molecule has 3 aromatic rings. The molecule has 146 valence electrons. The number of aromatic nitrogens is 4. The Morgan fingerprint density at radius 2 is 1.93 bits per heavy atom. The lowest BCUT2D eigenvalue weighted by atomic mass is 10.2. The van der Waals surface area contributed by atoms with Gasteiger partial charge in [0.2, 0.25) is 5.69 Å². The molecule has 0 unspecified atom stereocenters. The largest absolute Gasteiger partial charge is 0.322 e. The van der Waals surface area contributed by atoms with E-state index in [0.29, 0.717) is 16.6 Å². The van der Waals surface area contributed by atoms with Crippen molar-refractivity contribution in [2.75, 3.05) is 5.32 Å². The van der Waals surface area contributed by atoms with Gasteiger partial charge in [0.25, 0.3) is 5.91 Å². The van der Waals surface area contributed by atoms with Crippen LogP contribution in [0, 0.1) is 24.0 Å². The topological polar surface area (TPSA) is 108 Å². The standard InChI is InChI=1S/C17H16Cl2N6O3/c1-9-6-14(21-24(9)8-11-4-5-12(18)13(19)7-11)20-17(26)15-16(25(27)28)10(2)23(3)22-15/h4-7H,8H2,1-3H3,(H,20,21,26). The molecule has 0 aliphatic rings. The molecule has 9 nitrogen and oxygen atoms in total. The van der Waals surface area contributed by atoms with E-state index in [4.69, 9.17) is 23.2 Å². The summed E-state index contributed by atoms with van der Waals surface area (Å²) in [4.78, 5) is 23.1. The van der Waals surface area contributed by atoms with E-state index in [0.717, 1.165) is 11.3 Å². The molecule has 0 fully saturated rings. The van der Waals surface area contributed by atoms with E-state index in [1.165, 1.54) is 18.7 Å². The quantitative estimate of drug-likeness (QED) is 0.497. The summed E-state index contributed by atoms with van der Waals surface area (Å²) in [6, 6.07) is 6.93. The molecule has 2 heterocycles. The summed E-state index contributed by atoms with van der Waals surface area (Å²) in [7, 11) is 1.54. The first kappa shape index (κ1) is 19.8. The summed E-state index contributed by atoms with van der Waals surface area (Å²) in [6.07, 6.45) is 0. The van der Waals surface area contributed by atoms with Crippen LogP contribution in [-0.2, 0) is 13.6 Å². The van der Waals surface area contributed by atoms with E-state index in [1.54, 1.807) is 22.9 Å². The number of nitro groups is 1. The fourth-order valence-electron chi connectivity index (χ4n) is 2.69. The van der Waals surface area contributed by atoms with Crippen molar-refractivity contribution in [1.29, 1.82) is 0 Å². The first-order valence-corrected chi connectivity index (χ1v) is 8.90. The van der Waals surface area contributed by atoms with Crippen molar-refractivity contribution in [1.82, 2.24) is 19.6 Å². The van der Waals surface area contributed by atoms with E-state index in [1.807, 2.05) is 13.0 Å². The molecule has 0 bridgehead atoms. The Kier molecular flexibility index (Phi) is 5.39. The molecule has 3 rings (SSSR count). The average Bonchev–Trinajstić information content (AvgIpc) is 3.11. The van der Waals surface area contributed by atoms with Crippen molar-refractivity contribution in [3.8, 4) is 0 Å². The maximum absolute atomic E-state index is 12.5. The molecule has 0 aliphatic heterocycles. The number of anilines is 1. The Hall–Kier alpha value is -2.91. The molecule has 28 heavy (non-hydrogen) atoms. The number of rotatable bonds is 5. The minimum absolute atomic E-state index is 0.262. The summed E-state index contributed by atoms with van der Waals surface area (Å²) in [5.74, 6) is -0.435. The molecule has 11 heteroatoms. The van der Waals surface area contributed by atoms with Crippen molar-refractivity contribution in [3.05, 3.63) is 67.1 Å². The van der Waals surface area contributed by atoms with Crippen molar-refractivity contribution >= 4 is 40.6 Å². The SMILES string of the molecule is Cc1c([N+](=O)[O-])c(C(=O)Nc2cc(C)n(Cc3ccc(Cl)c(Cl)c3)n2)nn1C. The molecule has 1 amide bonds. The number of nitrogens with zero attached hydrogens (tertiary/aromatic N) is 5. The first-order valence-electron chi connectivity index (χ1n) is 8.15. The molecular formula is C17H16Cl2N6O3. The van der Waals surface area contributed by atoms with Gasteiger partial charge in [-0.2, -0.15) is 10.2 Å². The van der Waals surface area contributed by atoms with Crippen molar-refractivity contribution in [2.45, 2.75) is 20.4 Å². The molecule has 2 aromatic heterocycles. The third-order valence-corrected chi connectivity index (χ3v) is 4.98. The number of halogens is 2. The van der Waals surface area contributed by atoms with Crippen LogP contribution >= 0.6 is 23.2 Å². The maximum atomic E-state index is 12.5. The minimum Gasteiger partial charge on any atom is -0.303 e. The lowest BCUT2D eigenvalue weighted by Crippen LogP contribution is -2.15. The van der Waals surface area contributed by atoms with Gasteiger partial charge in [0.1, 0.15) is 5.69 Å². The van der Waals surface area contributed by atoms with Crippen LogP contribution in [0.3, 0.4) is 0 Å². The van der Waals surface area contributed by atoms with Crippen molar-refractivity contribution in [3.63, 3.8) is 0 Å². The normalized spacial score (nSPS) is 10.9. The summed E-state index contributed by atoms with van der Waals surface area (Å²) in [6.45, 7) is 3.77. The van der Waals surface area contributed by atoms with Crippen LogP contribution in [0.5, 0.6) is 0 Å². The van der Waals surface area contributed by atoms with Gasteiger partial charge in [-0.3, -0.25) is 24.3 Å². The highest BCUT2D eigenvalue weighted by molar-refractivity contribution is 6.42. The Bertz CT molecular complexity index is 1090. The van der Waals surface area contributed by atoms with Crippen molar-refractivity contribution in [2.24, 2.45) is 7.05 Å². The van der Waals surface area contributed by atoms with E-state index in [-0.39, 0.29) is 22.9 Å². The number of aryl methyl sites for hydroxylation is 2. The van der Waals surface area contributed by atoms with Gasteiger partial charge in [-0.1, -0.05) is 29.3 Å². The van der Waals surface area contributed by atoms with E-state index >= 15 is 0 Å². The predicted octanol–water partition coefficient (Wildman–Crippen LogP) is 3.75. The van der Waals surface area contributed by atoms with Gasteiger partial charge in [0, 0.05) is 18.8 Å². The number of carbonyl (C=O) groups is 1. The van der Waals surface area contributed by atoms with Crippen LogP contribution in [-0.4, -0.2) is 30.4 Å². The highest BCUT2D eigenvalue weighted by Gasteiger charge is 2.29. The Morgan fingerprint density at radius 1 is 1.21 bits per heavy atom. The number of amides is 1. The van der Waals surface area contributed by atoms with Crippen LogP contribution < -0.4 is 5.32 Å². The monoisotopic (exact) mass is 422 g/mol. The van der Waals surface area contributed by atoms with Gasteiger partial charge in [0.05, 0.1) is 21.5 Å². The number of hydrogen-bond donors (Lipinski definition) is 1. The van der Waals surface area contributed by atoms with Crippen LogP contribution in [0.25, 0.3) is 0 Å². The first-order chi connectivity index (χ1) is 13.2. The van der Waals surface area contributed by atoms with Crippen LogP contribution in [0.4, 0.5) is 11.5 Å². The minimum atomic E-state index is -0.699. The van der Waals surface area contributed by atoms with Gasteiger partial charge >= 0.3 is 5.69 Å². The number of benzene rings is 1. The predicted molar refractivity (Wildman–Crippen MR) is 105 cm³/mol. The summed E-state index contributed by atoms with van der Waals surface area (Å²) >= 11 is 12.0. The lowest BCUT2D eigenvalue weighted by Gasteiger charge is -2.06. The Morgan fingerprint density at radius 3 is 2.57 bits per heavy atom. The van der Waals surface area contributed by atoms with Gasteiger partial charge in [-0.05, 0) is 31.5 Å². The number of hydrogen-bond acceptors (Lipinski definition) is 5. The van der Waals surface area contributed by atoms with Crippen LogP contribution in [0.1, 0.15) is 27.4 Å². The molecule has 0 atom stereocenters. The molecular weight excluding hydrogens is 407 g/mol. The molecule has 1 N–H and O–H groups in total. The zero-order valence-corrected chi connectivity index (χ0v) is 16.7. The lowest BCUT2D eigenvalue weighted by molar-refractivity contribution is -0.385. The highest BCUT2D eigenvalue weighted by atomic mass is 35.5. The van der Waals surface area contributed by atoms with Gasteiger partial charge < -0.3 is 5.32 Å². The Balaban J connectivity index is 1.82. The van der Waals surface area contributed by atoms with Crippen molar-refractivity contribution < 1.29 is 9.72 Å². The maximum Gasteiger partial charge on any atom is 0.322 e. The molecule has 0 spiro atoms. The Labute approximate surface area is 170 Å². The number of carbonyl (C=O) groups excluding carboxylic acids is 1. The smallest absolute Gasteiger partial charge is 0.303 e. The second-order valence-electron chi connectivity index (χ2n) is 6.19. The third kappa shape index (κ3) is 3.85. The highest BCUT2D eigenvalue weighted by Crippen LogP contribution is 2.25. The third-order valence-electron chi connectivity index (χ3n) is 4.24. The van der Waals surface area contributed by atoms with Gasteiger partial charge in [0.15, 0.2) is 5.82 Å². The molecule has 0 radical (unpaired) electrons. The summed E-state index contributed by atoms with van der Waals surface area (Å²) in [5, 5.41) is 23.0. The summed E-state index contributed by atoms with van der Waals surface area (Å²) < 4.78 is 2.97. The second kappa shape index (κ2) is 7.61. The average molecular weight is 423 g/mol. The van der Waals surface area contributed by atoms with Gasteiger partial charge in [-0.25, -0.2) is 0 Å². The fraction of sp³-hybridized carbons (Fsp3) is 0.235.